The molecule has 1 N–H and O–H groups in total. The SMILES string of the molecule is Cc1cc(-c2cnc(-n3cccn3)[nH]2)nn1Cc1cc(Cl)ccc1OCc1ccccc1.Cl. The number of ether oxygens (including phenoxy) is 1. The molecule has 9 heteroatoms. The molecule has 0 atom stereocenters. The van der Waals surface area contributed by atoms with Crippen LogP contribution in [-0.4, -0.2) is 29.5 Å². The molecule has 0 unspecified atom stereocenters. The topological polar surface area (TPSA) is 73.5 Å². The molecule has 3 aromatic heterocycles. The summed E-state index contributed by atoms with van der Waals surface area (Å²) in [4.78, 5) is 7.66. The lowest BCUT2D eigenvalue weighted by Crippen LogP contribution is -2.06. The second-order valence-electron chi connectivity index (χ2n) is 7.43. The number of aromatic amines is 1. The smallest absolute Gasteiger partial charge is 0.228 e. The highest BCUT2D eigenvalue weighted by Gasteiger charge is 2.13. The number of halogens is 2. The summed E-state index contributed by atoms with van der Waals surface area (Å²) >= 11 is 6.29. The molecule has 5 aromatic rings. The average molecular weight is 481 g/mol. The van der Waals surface area contributed by atoms with Gasteiger partial charge in [-0.15, -0.1) is 12.4 Å². The van der Waals surface area contributed by atoms with Crippen molar-refractivity contribution >= 4 is 24.0 Å². The van der Waals surface area contributed by atoms with Crippen LogP contribution in [0.3, 0.4) is 0 Å². The van der Waals surface area contributed by atoms with E-state index >= 15 is 0 Å². The van der Waals surface area contributed by atoms with E-state index in [-0.39, 0.29) is 12.4 Å². The van der Waals surface area contributed by atoms with Crippen molar-refractivity contribution in [2.75, 3.05) is 0 Å². The van der Waals surface area contributed by atoms with Crippen molar-refractivity contribution in [2.45, 2.75) is 20.1 Å². The maximum absolute atomic E-state index is 6.29. The molecular formula is C24H22Cl2N6O. The zero-order chi connectivity index (χ0) is 21.9. The number of nitrogens with one attached hydrogen (secondary N) is 1. The van der Waals surface area contributed by atoms with Gasteiger partial charge < -0.3 is 9.72 Å². The van der Waals surface area contributed by atoms with Gasteiger partial charge in [0.15, 0.2) is 0 Å². The van der Waals surface area contributed by atoms with Crippen LogP contribution in [0.4, 0.5) is 0 Å². The molecule has 168 valence electrons. The number of imidazole rings is 1. The highest BCUT2D eigenvalue weighted by Crippen LogP contribution is 2.26. The predicted molar refractivity (Wildman–Crippen MR) is 130 cm³/mol. The first-order valence-electron chi connectivity index (χ1n) is 10.2. The molecule has 0 radical (unpaired) electrons. The van der Waals surface area contributed by atoms with Gasteiger partial charge in [-0.25, -0.2) is 9.67 Å². The van der Waals surface area contributed by atoms with E-state index in [1.54, 1.807) is 17.1 Å². The fourth-order valence-corrected chi connectivity index (χ4v) is 3.66. The summed E-state index contributed by atoms with van der Waals surface area (Å²) in [5.41, 5.74) is 4.72. The second-order valence-corrected chi connectivity index (χ2v) is 7.86. The first-order chi connectivity index (χ1) is 15.7. The van der Waals surface area contributed by atoms with E-state index in [0.717, 1.165) is 34.0 Å². The number of nitrogens with zero attached hydrogens (tertiary/aromatic N) is 5. The van der Waals surface area contributed by atoms with Gasteiger partial charge in [-0.1, -0.05) is 41.9 Å². The molecule has 0 bridgehead atoms. The largest absolute Gasteiger partial charge is 0.489 e. The molecule has 0 aliphatic carbocycles. The highest BCUT2D eigenvalue weighted by atomic mass is 35.5. The van der Waals surface area contributed by atoms with Crippen molar-refractivity contribution in [1.82, 2.24) is 29.5 Å². The van der Waals surface area contributed by atoms with Crippen molar-refractivity contribution in [3.8, 4) is 23.1 Å². The Morgan fingerprint density at radius 2 is 1.91 bits per heavy atom. The van der Waals surface area contributed by atoms with Gasteiger partial charge in [0, 0.05) is 28.7 Å². The molecular weight excluding hydrogens is 459 g/mol. The number of aryl methyl sites for hydroxylation is 1. The van der Waals surface area contributed by atoms with Crippen LogP contribution >= 0.6 is 24.0 Å². The van der Waals surface area contributed by atoms with Crippen LogP contribution in [0, 0.1) is 6.92 Å². The second kappa shape index (κ2) is 9.94. The quantitative estimate of drug-likeness (QED) is 0.335. The summed E-state index contributed by atoms with van der Waals surface area (Å²) in [6.45, 7) is 3.05. The zero-order valence-electron chi connectivity index (χ0n) is 17.9. The van der Waals surface area contributed by atoms with Crippen molar-refractivity contribution in [3.05, 3.63) is 101 Å². The van der Waals surface area contributed by atoms with E-state index in [4.69, 9.17) is 21.4 Å². The molecule has 0 aliphatic rings. The first kappa shape index (κ1) is 22.6. The van der Waals surface area contributed by atoms with Crippen LogP contribution in [0.2, 0.25) is 5.02 Å². The van der Waals surface area contributed by atoms with Crippen LogP contribution in [0.1, 0.15) is 16.8 Å². The maximum atomic E-state index is 6.29. The molecule has 7 nitrogen and oxygen atoms in total. The van der Waals surface area contributed by atoms with Gasteiger partial charge in [-0.3, -0.25) is 4.68 Å². The van der Waals surface area contributed by atoms with Crippen molar-refractivity contribution in [3.63, 3.8) is 0 Å². The minimum absolute atomic E-state index is 0. The molecule has 2 aromatic carbocycles. The molecule has 0 aliphatic heterocycles. The van der Waals surface area contributed by atoms with E-state index in [9.17, 15) is 0 Å². The molecule has 0 spiro atoms. The number of hydrogen-bond donors (Lipinski definition) is 1. The van der Waals surface area contributed by atoms with Crippen molar-refractivity contribution in [1.29, 1.82) is 0 Å². The number of hydrogen-bond acceptors (Lipinski definition) is 4. The summed E-state index contributed by atoms with van der Waals surface area (Å²) in [6, 6.07) is 19.6. The Hall–Kier alpha value is -3.55. The summed E-state index contributed by atoms with van der Waals surface area (Å²) in [6.07, 6.45) is 5.31. The molecule has 0 amide bonds. The van der Waals surface area contributed by atoms with Crippen LogP contribution in [-0.2, 0) is 13.2 Å². The minimum atomic E-state index is 0. The molecule has 33 heavy (non-hydrogen) atoms. The normalized spacial score (nSPS) is 10.7. The Balaban J connectivity index is 0.00000259. The lowest BCUT2D eigenvalue weighted by molar-refractivity contribution is 0.302. The highest BCUT2D eigenvalue weighted by molar-refractivity contribution is 6.30. The standard InChI is InChI=1S/C24H21ClN6O.ClH/c1-17-12-21(22-14-26-24(28-22)30-11-5-10-27-30)29-31(17)15-19-13-20(25)8-9-23(19)32-16-18-6-3-2-4-7-18;/h2-14H,15-16H2,1H3,(H,26,28);1H. The van der Waals surface area contributed by atoms with E-state index in [2.05, 4.69) is 15.1 Å². The van der Waals surface area contributed by atoms with Gasteiger partial charge in [-0.05, 0) is 42.8 Å². The fourth-order valence-electron chi connectivity index (χ4n) is 3.46. The Labute approximate surface area is 202 Å². The number of H-pyrrole nitrogens is 1. The average Bonchev–Trinajstić information content (AvgIpc) is 3.55. The summed E-state index contributed by atoms with van der Waals surface area (Å²) in [5.74, 6) is 1.43. The number of rotatable bonds is 7. The van der Waals surface area contributed by atoms with Crippen molar-refractivity contribution in [2.24, 2.45) is 0 Å². The van der Waals surface area contributed by atoms with E-state index in [1.807, 2.05) is 78.5 Å². The predicted octanol–water partition coefficient (Wildman–Crippen LogP) is 5.47. The van der Waals surface area contributed by atoms with Gasteiger partial charge in [0.1, 0.15) is 18.1 Å². The van der Waals surface area contributed by atoms with E-state index in [0.29, 0.717) is 24.1 Å². The number of benzene rings is 2. The molecule has 0 saturated heterocycles. The molecule has 5 rings (SSSR count). The van der Waals surface area contributed by atoms with Gasteiger partial charge in [0.05, 0.1) is 18.4 Å². The third kappa shape index (κ3) is 5.10. The van der Waals surface area contributed by atoms with Crippen LogP contribution < -0.4 is 4.74 Å². The fraction of sp³-hybridized carbons (Fsp3) is 0.125. The van der Waals surface area contributed by atoms with Gasteiger partial charge in [0.2, 0.25) is 5.95 Å². The lowest BCUT2D eigenvalue weighted by Gasteiger charge is -2.13. The molecule has 0 fully saturated rings. The summed E-state index contributed by atoms with van der Waals surface area (Å²) in [7, 11) is 0. The summed E-state index contributed by atoms with van der Waals surface area (Å²) in [5, 5.41) is 9.64. The third-order valence-corrected chi connectivity index (χ3v) is 5.36. The first-order valence-corrected chi connectivity index (χ1v) is 10.6. The van der Waals surface area contributed by atoms with Gasteiger partial charge in [0.25, 0.3) is 0 Å². The number of aromatic nitrogens is 6. The Kier molecular flexibility index (Phi) is 6.82. The van der Waals surface area contributed by atoms with Gasteiger partial charge in [-0.2, -0.15) is 10.2 Å². The summed E-state index contributed by atoms with van der Waals surface area (Å²) < 4.78 is 9.71. The Bertz CT molecular complexity index is 1330. The Morgan fingerprint density at radius 3 is 2.70 bits per heavy atom. The van der Waals surface area contributed by atoms with Crippen LogP contribution in [0.5, 0.6) is 5.75 Å². The van der Waals surface area contributed by atoms with Crippen LogP contribution in [0.25, 0.3) is 17.3 Å². The zero-order valence-corrected chi connectivity index (χ0v) is 19.4. The monoisotopic (exact) mass is 480 g/mol. The lowest BCUT2D eigenvalue weighted by atomic mass is 10.2. The molecule has 0 saturated carbocycles. The van der Waals surface area contributed by atoms with E-state index in [1.165, 1.54) is 0 Å². The van der Waals surface area contributed by atoms with E-state index < -0.39 is 0 Å². The van der Waals surface area contributed by atoms with Crippen LogP contribution in [0.15, 0.2) is 79.3 Å². The third-order valence-electron chi connectivity index (χ3n) is 5.12. The van der Waals surface area contributed by atoms with Gasteiger partial charge >= 0.3 is 0 Å². The maximum Gasteiger partial charge on any atom is 0.228 e. The Morgan fingerprint density at radius 1 is 1.06 bits per heavy atom. The molecule has 3 heterocycles. The minimum Gasteiger partial charge on any atom is -0.489 e. The van der Waals surface area contributed by atoms with Crippen molar-refractivity contribution < 1.29 is 4.74 Å².